The van der Waals surface area contributed by atoms with E-state index in [0.717, 1.165) is 6.07 Å². The zero-order valence-corrected chi connectivity index (χ0v) is 11.9. The van der Waals surface area contributed by atoms with Crippen LogP contribution in [0.5, 0.6) is 0 Å². The van der Waals surface area contributed by atoms with Crippen LogP contribution >= 0.6 is 0 Å². The molecular weight excluding hydrogens is 294 g/mol. The molecule has 0 bridgehead atoms. The third-order valence-corrected chi connectivity index (χ3v) is 3.84. The Bertz CT molecular complexity index is 856. The van der Waals surface area contributed by atoms with Gasteiger partial charge in [-0.05, 0) is 30.7 Å². The summed E-state index contributed by atoms with van der Waals surface area (Å²) < 4.78 is 22.9. The van der Waals surface area contributed by atoms with Gasteiger partial charge in [-0.2, -0.15) is 0 Å². The molecule has 2 rings (SSSR count). The molecule has 8 heteroatoms. The molecule has 0 radical (unpaired) electrons. The van der Waals surface area contributed by atoms with Crippen LogP contribution in [0.25, 0.3) is 0 Å². The van der Waals surface area contributed by atoms with Gasteiger partial charge in [0.25, 0.3) is 5.91 Å². The van der Waals surface area contributed by atoms with E-state index in [9.17, 15) is 18.0 Å². The summed E-state index contributed by atoms with van der Waals surface area (Å²) in [6.07, 6.45) is 1.35. The van der Waals surface area contributed by atoms with E-state index in [2.05, 4.69) is 10.3 Å². The van der Waals surface area contributed by atoms with Crippen LogP contribution < -0.4 is 16.0 Å². The molecular formula is C13H13N3O4S. The molecule has 0 fully saturated rings. The molecule has 4 N–H and O–H groups in total. The van der Waals surface area contributed by atoms with Gasteiger partial charge >= 0.3 is 0 Å². The van der Waals surface area contributed by atoms with Crippen LogP contribution in [0.15, 0.2) is 46.2 Å². The Balaban J connectivity index is 2.32. The molecule has 0 aliphatic carbocycles. The molecule has 0 spiro atoms. The van der Waals surface area contributed by atoms with Gasteiger partial charge in [0.1, 0.15) is 0 Å². The maximum absolute atomic E-state index is 12.0. The average Bonchev–Trinajstić information content (AvgIpc) is 2.39. The minimum absolute atomic E-state index is 0.0637. The summed E-state index contributed by atoms with van der Waals surface area (Å²) in [4.78, 5) is 25.4. The van der Waals surface area contributed by atoms with Gasteiger partial charge in [-0.15, -0.1) is 0 Å². The Morgan fingerprint density at radius 1 is 1.24 bits per heavy atom. The highest BCUT2D eigenvalue weighted by Gasteiger charge is 2.13. The predicted molar refractivity (Wildman–Crippen MR) is 77.6 cm³/mol. The highest BCUT2D eigenvalue weighted by atomic mass is 32.2. The molecule has 0 aliphatic rings. The zero-order valence-electron chi connectivity index (χ0n) is 11.1. The molecule has 21 heavy (non-hydrogen) atoms. The highest BCUT2D eigenvalue weighted by molar-refractivity contribution is 7.89. The van der Waals surface area contributed by atoms with E-state index in [1.807, 2.05) is 0 Å². The molecule has 0 saturated heterocycles. The van der Waals surface area contributed by atoms with Crippen molar-refractivity contribution in [3.05, 3.63) is 58.0 Å². The molecule has 0 aliphatic heterocycles. The summed E-state index contributed by atoms with van der Waals surface area (Å²) in [5.41, 5.74) is 0.509. The fourth-order valence-corrected chi connectivity index (χ4v) is 2.58. The first kappa shape index (κ1) is 14.9. The van der Waals surface area contributed by atoms with Crippen molar-refractivity contribution < 1.29 is 13.2 Å². The molecule has 2 aromatic rings. The van der Waals surface area contributed by atoms with Gasteiger partial charge in [0.15, 0.2) is 0 Å². The fraction of sp³-hybridized carbons (Fsp3) is 0.0769. The number of H-pyrrole nitrogens is 1. The Hall–Kier alpha value is -2.45. The van der Waals surface area contributed by atoms with Crippen LogP contribution in [0.3, 0.4) is 0 Å². The minimum atomic E-state index is -3.87. The quantitative estimate of drug-likeness (QED) is 0.767. The van der Waals surface area contributed by atoms with Gasteiger partial charge in [-0.25, -0.2) is 13.6 Å². The number of aromatic amines is 1. The van der Waals surface area contributed by atoms with Crippen LogP contribution in [-0.2, 0) is 10.0 Å². The van der Waals surface area contributed by atoms with Crippen molar-refractivity contribution in [1.29, 1.82) is 0 Å². The molecule has 1 aromatic heterocycles. The lowest BCUT2D eigenvalue weighted by atomic mass is 10.2. The molecule has 110 valence electrons. The number of primary sulfonamides is 1. The monoisotopic (exact) mass is 307 g/mol. The van der Waals surface area contributed by atoms with Crippen molar-refractivity contribution in [3.8, 4) is 0 Å². The first-order valence-electron chi connectivity index (χ1n) is 5.91. The number of aromatic nitrogens is 1. The third-order valence-electron chi connectivity index (χ3n) is 2.79. The number of hydrogen-bond acceptors (Lipinski definition) is 4. The molecule has 1 aromatic carbocycles. The van der Waals surface area contributed by atoms with Gasteiger partial charge in [0.2, 0.25) is 15.6 Å². The number of pyridine rings is 1. The number of benzene rings is 1. The van der Waals surface area contributed by atoms with Gasteiger partial charge < -0.3 is 10.3 Å². The molecule has 0 unspecified atom stereocenters. The van der Waals surface area contributed by atoms with Crippen LogP contribution in [0.4, 0.5) is 5.69 Å². The predicted octanol–water partition coefficient (Wildman–Crippen LogP) is 0.583. The van der Waals surface area contributed by atoms with E-state index in [-0.39, 0.29) is 16.1 Å². The highest BCUT2D eigenvalue weighted by Crippen LogP contribution is 2.19. The maximum Gasteiger partial charge on any atom is 0.255 e. The van der Waals surface area contributed by atoms with E-state index < -0.39 is 21.5 Å². The number of rotatable bonds is 3. The van der Waals surface area contributed by atoms with E-state index in [0.29, 0.717) is 5.56 Å². The lowest BCUT2D eigenvalue weighted by Gasteiger charge is -2.08. The second-order valence-corrected chi connectivity index (χ2v) is 5.95. The minimum Gasteiger partial charge on any atom is -0.329 e. The fourth-order valence-electron chi connectivity index (χ4n) is 1.77. The number of nitrogens with one attached hydrogen (secondary N) is 2. The zero-order chi connectivity index (χ0) is 15.6. The molecule has 0 saturated carbocycles. The Kier molecular flexibility index (Phi) is 3.92. The number of nitrogens with two attached hydrogens (primary N) is 1. The van der Waals surface area contributed by atoms with Crippen LogP contribution in [0.2, 0.25) is 0 Å². The van der Waals surface area contributed by atoms with E-state index in [1.165, 1.54) is 24.4 Å². The number of carbonyl (C=O) groups is 1. The van der Waals surface area contributed by atoms with Gasteiger partial charge in [-0.3, -0.25) is 9.59 Å². The Morgan fingerprint density at radius 3 is 2.57 bits per heavy atom. The maximum atomic E-state index is 12.0. The number of carbonyl (C=O) groups excluding carboxylic acids is 1. The number of amides is 1. The molecule has 1 heterocycles. The summed E-state index contributed by atoms with van der Waals surface area (Å²) >= 11 is 0. The van der Waals surface area contributed by atoms with Gasteiger partial charge in [0.05, 0.1) is 4.90 Å². The Labute approximate surface area is 120 Å². The van der Waals surface area contributed by atoms with Crippen LogP contribution in [0.1, 0.15) is 15.9 Å². The molecule has 7 nitrogen and oxygen atoms in total. The summed E-state index contributed by atoms with van der Waals surface area (Å²) in [5.74, 6) is -0.523. The standard InChI is InChI=1S/C13H13N3O4S/c1-8-2-3-10(7-11(8)21(14,19)20)16-13(18)9-4-5-15-12(17)6-9/h2-7H,1H3,(H,15,17)(H,16,18)(H2,14,19,20). The second-order valence-electron chi connectivity index (χ2n) is 4.42. The van der Waals surface area contributed by atoms with Crippen molar-refractivity contribution in [3.63, 3.8) is 0 Å². The van der Waals surface area contributed by atoms with Crippen molar-refractivity contribution in [2.75, 3.05) is 5.32 Å². The second kappa shape index (κ2) is 5.51. The van der Waals surface area contributed by atoms with Crippen LogP contribution in [-0.4, -0.2) is 19.3 Å². The third kappa shape index (κ3) is 3.56. The summed E-state index contributed by atoms with van der Waals surface area (Å²) in [5, 5.41) is 7.62. The SMILES string of the molecule is Cc1ccc(NC(=O)c2cc[nH]c(=O)c2)cc1S(N)(=O)=O. The summed E-state index contributed by atoms with van der Waals surface area (Å²) in [7, 11) is -3.87. The van der Waals surface area contributed by atoms with Crippen molar-refractivity contribution in [1.82, 2.24) is 4.98 Å². The first-order chi connectivity index (χ1) is 9.77. The van der Waals surface area contributed by atoms with Crippen molar-refractivity contribution >= 4 is 21.6 Å². The summed E-state index contributed by atoms with van der Waals surface area (Å²) in [6, 6.07) is 6.94. The first-order valence-corrected chi connectivity index (χ1v) is 7.45. The lowest BCUT2D eigenvalue weighted by molar-refractivity contribution is 0.102. The average molecular weight is 307 g/mol. The van der Waals surface area contributed by atoms with E-state index >= 15 is 0 Å². The number of anilines is 1. The van der Waals surface area contributed by atoms with Gasteiger partial charge in [0, 0.05) is 23.5 Å². The number of aryl methyl sites for hydroxylation is 1. The number of hydrogen-bond donors (Lipinski definition) is 3. The Morgan fingerprint density at radius 2 is 1.95 bits per heavy atom. The van der Waals surface area contributed by atoms with E-state index in [1.54, 1.807) is 13.0 Å². The smallest absolute Gasteiger partial charge is 0.255 e. The van der Waals surface area contributed by atoms with Crippen molar-refractivity contribution in [2.45, 2.75) is 11.8 Å². The molecule has 1 amide bonds. The van der Waals surface area contributed by atoms with Crippen molar-refractivity contribution in [2.24, 2.45) is 5.14 Å². The lowest BCUT2D eigenvalue weighted by Crippen LogP contribution is -2.17. The largest absolute Gasteiger partial charge is 0.329 e. The number of sulfonamides is 1. The normalized spacial score (nSPS) is 11.1. The topological polar surface area (TPSA) is 122 Å². The van der Waals surface area contributed by atoms with Gasteiger partial charge in [-0.1, -0.05) is 6.07 Å². The summed E-state index contributed by atoms with van der Waals surface area (Å²) in [6.45, 7) is 1.60. The molecule has 0 atom stereocenters. The van der Waals surface area contributed by atoms with Crippen LogP contribution in [0, 0.1) is 6.92 Å². The van der Waals surface area contributed by atoms with E-state index in [4.69, 9.17) is 5.14 Å².